The first kappa shape index (κ1) is 32.7. The molecule has 10 heteroatoms. The predicted octanol–water partition coefficient (Wildman–Crippen LogP) is 9.61. The van der Waals surface area contributed by atoms with E-state index in [-0.39, 0.29) is 23.7 Å². The van der Waals surface area contributed by atoms with Gasteiger partial charge in [0.2, 0.25) is 0 Å². The number of allylic oxidation sites excluding steroid dienone is 2. The fourth-order valence-corrected chi connectivity index (χ4v) is 6.26. The molecular weight excluding hydrogens is 592 g/mol. The zero-order chi connectivity index (χ0) is 29.1. The first-order valence-electron chi connectivity index (χ1n) is 14.0. The van der Waals surface area contributed by atoms with E-state index >= 15 is 0 Å². The standard InChI is InChI=1S/C30H37Cl4N3O3/c1-3-4-5-6-7-8-9-12-23(14-13-20(2)31)40-29(39)21-11-10-15-30(19-21,35-26-18-27(38)37-36-26)28-24(33)16-22(32)17-25(28)34/h10-11,15-18,20,23,35H,3-9,12-14,19H2,1-2H3. The number of benzene rings is 1. The maximum atomic E-state index is 13.5. The van der Waals surface area contributed by atoms with Crippen LogP contribution in [0.2, 0.25) is 15.1 Å². The largest absolute Gasteiger partial charge is 0.459 e. The number of amides is 1. The number of alkyl halides is 1. The number of rotatable bonds is 16. The van der Waals surface area contributed by atoms with E-state index in [4.69, 9.17) is 51.1 Å². The summed E-state index contributed by atoms with van der Waals surface area (Å²) in [4.78, 5) is 25.2. The Morgan fingerprint density at radius 2 is 1.70 bits per heavy atom. The number of unbranched alkanes of at least 4 members (excludes halogenated alkanes) is 6. The SMILES string of the molecule is CCCCCCCCCC(CCC(C)Cl)OC(=O)C1=CC=CC(NC2=CC(=O)N=N2)(c2c(Cl)cc(Cl)cc2Cl)C1. The molecule has 1 aliphatic carbocycles. The van der Waals surface area contributed by atoms with Crippen LogP contribution in [0.5, 0.6) is 0 Å². The molecule has 3 unspecified atom stereocenters. The number of hydrogen-bond acceptors (Lipinski definition) is 5. The second kappa shape index (κ2) is 16.0. The normalized spacial score (nSPS) is 19.8. The van der Waals surface area contributed by atoms with Crippen LogP contribution in [0.1, 0.15) is 90.0 Å². The number of ether oxygens (including phenoxy) is 1. The summed E-state index contributed by atoms with van der Waals surface area (Å²) in [5.74, 6) is -0.660. The molecule has 0 saturated carbocycles. The van der Waals surface area contributed by atoms with Crippen molar-refractivity contribution in [2.24, 2.45) is 10.2 Å². The number of halogens is 4. The number of nitrogens with one attached hydrogen (secondary N) is 1. The van der Waals surface area contributed by atoms with Crippen molar-refractivity contribution < 1.29 is 14.3 Å². The van der Waals surface area contributed by atoms with E-state index in [0.717, 1.165) is 25.7 Å². The lowest BCUT2D eigenvalue weighted by atomic mass is 9.80. The molecule has 0 radical (unpaired) electrons. The molecule has 0 spiro atoms. The molecule has 6 nitrogen and oxygen atoms in total. The van der Waals surface area contributed by atoms with Crippen LogP contribution in [0, 0.1) is 0 Å². The highest BCUT2D eigenvalue weighted by Crippen LogP contribution is 2.43. The highest BCUT2D eigenvalue weighted by atomic mass is 35.5. The zero-order valence-electron chi connectivity index (χ0n) is 23.0. The molecule has 1 aromatic carbocycles. The van der Waals surface area contributed by atoms with E-state index in [1.807, 2.05) is 13.0 Å². The molecule has 1 aromatic rings. The van der Waals surface area contributed by atoms with E-state index in [2.05, 4.69) is 22.5 Å². The second-order valence-corrected chi connectivity index (χ2v) is 12.4. The molecule has 1 amide bonds. The van der Waals surface area contributed by atoms with Crippen molar-refractivity contribution in [3.05, 3.63) is 68.5 Å². The topological polar surface area (TPSA) is 80.1 Å². The smallest absolute Gasteiger partial charge is 0.334 e. The van der Waals surface area contributed by atoms with Crippen LogP contribution in [0.4, 0.5) is 0 Å². The number of azo groups is 1. The maximum Gasteiger partial charge on any atom is 0.334 e. The first-order chi connectivity index (χ1) is 19.1. The zero-order valence-corrected chi connectivity index (χ0v) is 26.1. The minimum Gasteiger partial charge on any atom is -0.459 e. The summed E-state index contributed by atoms with van der Waals surface area (Å²) in [5.41, 5.74) is -0.168. The number of esters is 1. The molecular formula is C30H37Cl4N3O3. The summed E-state index contributed by atoms with van der Waals surface area (Å²) in [6, 6.07) is 3.17. The van der Waals surface area contributed by atoms with Crippen molar-refractivity contribution in [1.29, 1.82) is 0 Å². The summed E-state index contributed by atoms with van der Waals surface area (Å²) in [7, 11) is 0. The molecule has 1 N–H and O–H groups in total. The van der Waals surface area contributed by atoms with Gasteiger partial charge in [-0.25, -0.2) is 4.79 Å². The minimum absolute atomic E-state index is 0.00493. The number of carbonyl (C=O) groups excluding carboxylic acids is 2. The van der Waals surface area contributed by atoms with E-state index in [1.54, 1.807) is 24.3 Å². The lowest BCUT2D eigenvalue weighted by Gasteiger charge is -2.36. The van der Waals surface area contributed by atoms with Gasteiger partial charge in [-0.3, -0.25) is 4.79 Å². The number of nitrogens with zero attached hydrogens (tertiary/aromatic N) is 2. The molecule has 0 fully saturated rings. The van der Waals surface area contributed by atoms with Gasteiger partial charge in [0.1, 0.15) is 6.10 Å². The van der Waals surface area contributed by atoms with Gasteiger partial charge in [-0.05, 0) is 44.7 Å². The van der Waals surface area contributed by atoms with Crippen LogP contribution in [-0.4, -0.2) is 23.4 Å². The summed E-state index contributed by atoms with van der Waals surface area (Å²) < 4.78 is 6.06. The summed E-state index contributed by atoms with van der Waals surface area (Å²) >= 11 is 25.7. The number of hydrogen-bond donors (Lipinski definition) is 1. The molecule has 1 aliphatic heterocycles. The Morgan fingerprint density at radius 1 is 1.02 bits per heavy atom. The van der Waals surface area contributed by atoms with Gasteiger partial charge >= 0.3 is 5.97 Å². The quantitative estimate of drug-likeness (QED) is 0.112. The van der Waals surface area contributed by atoms with E-state index in [9.17, 15) is 9.59 Å². The van der Waals surface area contributed by atoms with Gasteiger partial charge < -0.3 is 10.1 Å². The monoisotopic (exact) mass is 627 g/mol. The highest BCUT2D eigenvalue weighted by Gasteiger charge is 2.39. The van der Waals surface area contributed by atoms with Crippen molar-refractivity contribution in [3.63, 3.8) is 0 Å². The Morgan fingerprint density at radius 3 is 2.33 bits per heavy atom. The van der Waals surface area contributed by atoms with Crippen LogP contribution in [0.3, 0.4) is 0 Å². The summed E-state index contributed by atoms with van der Waals surface area (Å²) in [6.07, 6.45) is 17.0. The number of carbonyl (C=O) groups is 2. The highest BCUT2D eigenvalue weighted by molar-refractivity contribution is 6.39. The Bertz CT molecular complexity index is 1160. The van der Waals surface area contributed by atoms with Gasteiger partial charge in [-0.2, -0.15) is 0 Å². The van der Waals surface area contributed by atoms with Gasteiger partial charge in [0.05, 0.1) is 11.6 Å². The third kappa shape index (κ3) is 9.61. The average molecular weight is 629 g/mol. The van der Waals surface area contributed by atoms with Crippen molar-refractivity contribution in [2.75, 3.05) is 0 Å². The van der Waals surface area contributed by atoms with Crippen LogP contribution >= 0.6 is 46.4 Å². The van der Waals surface area contributed by atoms with Gasteiger partial charge in [0.25, 0.3) is 5.91 Å². The molecule has 0 saturated heterocycles. The van der Waals surface area contributed by atoms with Gasteiger partial charge in [-0.15, -0.1) is 21.8 Å². The second-order valence-electron chi connectivity index (χ2n) is 10.4. The third-order valence-electron chi connectivity index (χ3n) is 7.02. The third-order valence-corrected chi connectivity index (χ3v) is 8.05. The molecule has 218 valence electrons. The van der Waals surface area contributed by atoms with Crippen molar-refractivity contribution in [2.45, 2.75) is 101 Å². The lowest BCUT2D eigenvalue weighted by molar-refractivity contribution is -0.145. The van der Waals surface area contributed by atoms with Gasteiger partial charge in [-0.1, -0.05) is 98.5 Å². The van der Waals surface area contributed by atoms with E-state index < -0.39 is 17.4 Å². The van der Waals surface area contributed by atoms with Crippen molar-refractivity contribution in [1.82, 2.24) is 5.32 Å². The van der Waals surface area contributed by atoms with E-state index in [1.165, 1.54) is 38.2 Å². The van der Waals surface area contributed by atoms with E-state index in [0.29, 0.717) is 32.6 Å². The van der Waals surface area contributed by atoms with Crippen LogP contribution in [-0.2, 0) is 19.9 Å². The van der Waals surface area contributed by atoms with Crippen LogP contribution in [0.25, 0.3) is 0 Å². The van der Waals surface area contributed by atoms with Gasteiger partial charge in [0, 0.05) is 38.0 Å². The fraction of sp³-hybridized carbons (Fsp3) is 0.533. The molecule has 3 rings (SSSR count). The minimum atomic E-state index is -1.10. The lowest BCUT2D eigenvalue weighted by Crippen LogP contribution is -2.42. The molecule has 3 atom stereocenters. The Hall–Kier alpha value is -1.86. The summed E-state index contributed by atoms with van der Waals surface area (Å²) in [6.45, 7) is 4.16. The molecule has 0 bridgehead atoms. The Kier molecular flexibility index (Phi) is 13.0. The van der Waals surface area contributed by atoms with Gasteiger partial charge in [0.15, 0.2) is 5.82 Å². The first-order valence-corrected chi connectivity index (χ1v) is 15.5. The van der Waals surface area contributed by atoms with Crippen molar-refractivity contribution >= 4 is 58.3 Å². The molecule has 2 aliphatic rings. The fourth-order valence-electron chi connectivity index (χ4n) is 4.98. The van der Waals surface area contributed by atoms with Crippen LogP contribution in [0.15, 0.2) is 58.1 Å². The predicted molar refractivity (Wildman–Crippen MR) is 163 cm³/mol. The summed E-state index contributed by atoms with van der Waals surface area (Å²) in [5, 5.41) is 11.7. The van der Waals surface area contributed by atoms with Crippen molar-refractivity contribution in [3.8, 4) is 0 Å². The molecule has 0 aromatic heterocycles. The molecule has 1 heterocycles. The van der Waals surface area contributed by atoms with Crippen LogP contribution < -0.4 is 5.32 Å². The maximum absolute atomic E-state index is 13.5. The Labute approximate surface area is 257 Å². The average Bonchev–Trinajstić information content (AvgIpc) is 3.29. The Balaban J connectivity index is 1.77. The molecule has 40 heavy (non-hydrogen) atoms.